The van der Waals surface area contributed by atoms with Crippen LogP contribution in [0.5, 0.6) is 0 Å². The largest absolute Gasteiger partial charge is 0.395 e. The van der Waals surface area contributed by atoms with Gasteiger partial charge in [0.25, 0.3) is 0 Å². The van der Waals surface area contributed by atoms with E-state index < -0.39 is 0 Å². The molecular weight excluding hydrogens is 344 g/mol. The van der Waals surface area contributed by atoms with Gasteiger partial charge in [0.05, 0.1) is 25.4 Å². The van der Waals surface area contributed by atoms with Crippen molar-refractivity contribution in [2.45, 2.75) is 26.1 Å². The Morgan fingerprint density at radius 1 is 1.07 bits per heavy atom. The number of aliphatic hydroxyl groups is 1. The Balaban J connectivity index is 1.46. The smallest absolute Gasteiger partial charge is 0.238 e. The zero-order valence-electron chi connectivity index (χ0n) is 16.4. The van der Waals surface area contributed by atoms with Gasteiger partial charge in [-0.3, -0.25) is 14.6 Å². The van der Waals surface area contributed by atoms with Gasteiger partial charge in [-0.2, -0.15) is 0 Å². The fourth-order valence-electron chi connectivity index (χ4n) is 3.86. The van der Waals surface area contributed by atoms with E-state index in [9.17, 15) is 4.79 Å². The van der Waals surface area contributed by atoms with Crippen LogP contribution in [-0.4, -0.2) is 92.0 Å². The Hall–Kier alpha value is -1.67. The third-order valence-corrected chi connectivity index (χ3v) is 5.18. The average molecular weight is 377 g/mol. The number of rotatable bonds is 6. The first-order chi connectivity index (χ1) is 13.0. The lowest BCUT2D eigenvalue weighted by molar-refractivity contribution is -0.117. The molecule has 2 N–H and O–H groups in total. The third kappa shape index (κ3) is 5.90. The lowest BCUT2D eigenvalue weighted by atomic mass is 10.2. The van der Waals surface area contributed by atoms with E-state index in [2.05, 4.69) is 46.0 Å². The summed E-state index contributed by atoms with van der Waals surface area (Å²) in [5, 5.41) is 12.0. The molecule has 7 heteroatoms. The van der Waals surface area contributed by atoms with Gasteiger partial charge in [0.15, 0.2) is 0 Å². The van der Waals surface area contributed by atoms with Crippen LogP contribution in [0.3, 0.4) is 0 Å². The monoisotopic (exact) mass is 376 g/mol. The number of morpholine rings is 1. The molecule has 7 nitrogen and oxygen atoms in total. The number of amides is 1. The van der Waals surface area contributed by atoms with Crippen LogP contribution in [0, 0.1) is 0 Å². The SMILES string of the molecule is C[C@H]1CN(c2ccc(NC(=O)CN3CCN(CCO)CC3)cc2)C[C@H](C)O1. The molecule has 2 aliphatic rings. The van der Waals surface area contributed by atoms with E-state index in [1.807, 2.05) is 12.1 Å². The lowest BCUT2D eigenvalue weighted by Crippen LogP contribution is -2.49. The molecule has 2 saturated heterocycles. The standard InChI is InChI=1S/C20H32N4O3/c1-16-13-24(14-17(2)27-16)19-5-3-18(4-6-19)21-20(26)15-23-9-7-22(8-10-23)11-12-25/h3-6,16-17,25H,7-15H2,1-2H3,(H,21,26)/t16-,17-/m0/s1. The highest BCUT2D eigenvalue weighted by atomic mass is 16.5. The van der Waals surface area contributed by atoms with Crippen molar-refractivity contribution in [1.82, 2.24) is 9.80 Å². The van der Waals surface area contributed by atoms with E-state index in [1.54, 1.807) is 0 Å². The van der Waals surface area contributed by atoms with Crippen LogP contribution in [0.2, 0.25) is 0 Å². The van der Waals surface area contributed by atoms with Crippen molar-refractivity contribution in [3.63, 3.8) is 0 Å². The highest BCUT2D eigenvalue weighted by Gasteiger charge is 2.22. The average Bonchev–Trinajstić information content (AvgIpc) is 2.63. The molecular formula is C20H32N4O3. The fraction of sp³-hybridized carbons (Fsp3) is 0.650. The van der Waals surface area contributed by atoms with Crippen LogP contribution in [0.15, 0.2) is 24.3 Å². The molecule has 0 aromatic heterocycles. The first-order valence-corrected chi connectivity index (χ1v) is 9.89. The van der Waals surface area contributed by atoms with Gasteiger partial charge in [-0.25, -0.2) is 0 Å². The first-order valence-electron chi connectivity index (χ1n) is 9.89. The van der Waals surface area contributed by atoms with Gasteiger partial charge in [-0.05, 0) is 38.1 Å². The number of anilines is 2. The highest BCUT2D eigenvalue weighted by molar-refractivity contribution is 5.92. The number of benzene rings is 1. The van der Waals surface area contributed by atoms with E-state index in [-0.39, 0.29) is 24.7 Å². The molecule has 2 heterocycles. The van der Waals surface area contributed by atoms with Gasteiger partial charge in [0.2, 0.25) is 5.91 Å². The number of hydrogen-bond donors (Lipinski definition) is 2. The van der Waals surface area contributed by atoms with Crippen LogP contribution in [0.4, 0.5) is 11.4 Å². The zero-order chi connectivity index (χ0) is 19.2. The van der Waals surface area contributed by atoms with E-state index in [4.69, 9.17) is 9.84 Å². The van der Waals surface area contributed by atoms with Crippen molar-refractivity contribution < 1.29 is 14.6 Å². The Morgan fingerprint density at radius 3 is 2.26 bits per heavy atom. The molecule has 2 fully saturated rings. The summed E-state index contributed by atoms with van der Waals surface area (Å²) >= 11 is 0. The summed E-state index contributed by atoms with van der Waals surface area (Å²) in [5.74, 6) is 0.0203. The van der Waals surface area contributed by atoms with Crippen molar-refractivity contribution >= 4 is 17.3 Å². The second kappa shape index (κ2) is 9.50. The molecule has 2 aliphatic heterocycles. The molecule has 0 radical (unpaired) electrons. The molecule has 1 aromatic carbocycles. The van der Waals surface area contributed by atoms with Gasteiger partial charge in [-0.1, -0.05) is 0 Å². The third-order valence-electron chi connectivity index (χ3n) is 5.18. The van der Waals surface area contributed by atoms with E-state index in [0.29, 0.717) is 13.1 Å². The highest BCUT2D eigenvalue weighted by Crippen LogP contribution is 2.22. The molecule has 27 heavy (non-hydrogen) atoms. The minimum absolute atomic E-state index is 0.0203. The van der Waals surface area contributed by atoms with Gasteiger partial charge in [0.1, 0.15) is 0 Å². The molecule has 0 aliphatic carbocycles. The normalized spacial score (nSPS) is 24.8. The van der Waals surface area contributed by atoms with Crippen molar-refractivity contribution in [2.75, 3.05) is 69.2 Å². The van der Waals surface area contributed by atoms with E-state index >= 15 is 0 Å². The number of piperazine rings is 1. The molecule has 0 spiro atoms. The Morgan fingerprint density at radius 2 is 1.67 bits per heavy atom. The van der Waals surface area contributed by atoms with E-state index in [0.717, 1.165) is 50.6 Å². The summed E-state index contributed by atoms with van der Waals surface area (Å²) in [6, 6.07) is 8.07. The molecule has 0 saturated carbocycles. The number of nitrogens with one attached hydrogen (secondary N) is 1. The van der Waals surface area contributed by atoms with Crippen LogP contribution in [0.25, 0.3) is 0 Å². The van der Waals surface area contributed by atoms with Crippen LogP contribution >= 0.6 is 0 Å². The summed E-state index contributed by atoms with van der Waals surface area (Å²) in [6.45, 7) is 10.8. The summed E-state index contributed by atoms with van der Waals surface area (Å²) < 4.78 is 5.79. The zero-order valence-corrected chi connectivity index (χ0v) is 16.4. The number of β-amino-alcohol motifs (C(OH)–C–C–N with tert-alkyl or cyclic N) is 1. The minimum atomic E-state index is 0.0203. The number of hydrogen-bond acceptors (Lipinski definition) is 6. The van der Waals surface area contributed by atoms with Gasteiger partial charge < -0.3 is 20.1 Å². The molecule has 0 bridgehead atoms. The van der Waals surface area contributed by atoms with Crippen molar-refractivity contribution in [3.05, 3.63) is 24.3 Å². The van der Waals surface area contributed by atoms with Crippen molar-refractivity contribution in [2.24, 2.45) is 0 Å². The molecule has 1 aromatic rings. The van der Waals surface area contributed by atoms with Crippen molar-refractivity contribution in [1.29, 1.82) is 0 Å². The molecule has 150 valence electrons. The Kier molecular flexibility index (Phi) is 7.07. The Labute approximate surface area is 161 Å². The summed E-state index contributed by atoms with van der Waals surface area (Å²) in [6.07, 6.45) is 0.456. The van der Waals surface area contributed by atoms with Gasteiger partial charge in [-0.15, -0.1) is 0 Å². The second-order valence-electron chi connectivity index (χ2n) is 7.60. The maximum Gasteiger partial charge on any atom is 0.238 e. The maximum atomic E-state index is 12.3. The van der Waals surface area contributed by atoms with Crippen molar-refractivity contribution in [3.8, 4) is 0 Å². The molecule has 0 unspecified atom stereocenters. The summed E-state index contributed by atoms with van der Waals surface area (Å²) in [7, 11) is 0. The number of nitrogens with zero attached hydrogens (tertiary/aromatic N) is 3. The predicted octanol–water partition coefficient (Wildman–Crippen LogP) is 0.849. The maximum absolute atomic E-state index is 12.3. The predicted molar refractivity (Wildman–Crippen MR) is 107 cm³/mol. The Bertz CT molecular complexity index is 592. The minimum Gasteiger partial charge on any atom is -0.395 e. The van der Waals surface area contributed by atoms with Gasteiger partial charge >= 0.3 is 0 Å². The quantitative estimate of drug-likeness (QED) is 0.767. The molecule has 1 amide bonds. The molecule has 2 atom stereocenters. The summed E-state index contributed by atoms with van der Waals surface area (Å²) in [5.41, 5.74) is 1.99. The molecule has 3 rings (SSSR count). The number of carbonyl (C=O) groups is 1. The fourth-order valence-corrected chi connectivity index (χ4v) is 3.86. The number of ether oxygens (including phenoxy) is 1. The lowest BCUT2D eigenvalue weighted by Gasteiger charge is -2.37. The topological polar surface area (TPSA) is 68.3 Å². The summed E-state index contributed by atoms with van der Waals surface area (Å²) in [4.78, 5) is 19.0. The van der Waals surface area contributed by atoms with Crippen LogP contribution < -0.4 is 10.2 Å². The number of aliphatic hydroxyl groups excluding tert-OH is 1. The van der Waals surface area contributed by atoms with Crippen LogP contribution in [-0.2, 0) is 9.53 Å². The second-order valence-corrected chi connectivity index (χ2v) is 7.60. The van der Waals surface area contributed by atoms with Crippen LogP contribution in [0.1, 0.15) is 13.8 Å². The van der Waals surface area contributed by atoms with Gasteiger partial charge in [0, 0.05) is 57.2 Å². The van der Waals surface area contributed by atoms with E-state index in [1.165, 1.54) is 0 Å². The first kappa shape index (κ1) is 20.1. The number of carbonyl (C=O) groups excluding carboxylic acids is 1.